The van der Waals surface area contributed by atoms with Crippen LogP contribution in [0.2, 0.25) is 0 Å². The van der Waals surface area contributed by atoms with Crippen LogP contribution in [0, 0.1) is 10.1 Å². The number of amides is 2. The van der Waals surface area contributed by atoms with Crippen molar-refractivity contribution >= 4 is 29.0 Å². The van der Waals surface area contributed by atoms with Gasteiger partial charge in [-0.2, -0.15) is 0 Å². The molecule has 0 saturated carbocycles. The van der Waals surface area contributed by atoms with E-state index in [-0.39, 0.29) is 29.0 Å². The van der Waals surface area contributed by atoms with Crippen molar-refractivity contribution < 1.29 is 19.3 Å². The fourth-order valence-electron chi connectivity index (χ4n) is 4.34. The van der Waals surface area contributed by atoms with E-state index in [1.807, 2.05) is 36.4 Å². The van der Waals surface area contributed by atoms with Crippen LogP contribution in [0.15, 0.2) is 109 Å². The number of non-ortho nitro benzene ring substituents is 1. The van der Waals surface area contributed by atoms with Gasteiger partial charge in [-0.25, -0.2) is 0 Å². The summed E-state index contributed by atoms with van der Waals surface area (Å²) in [6, 6.07) is 29.0. The number of carbonyl (C=O) groups is 3. The standard InChI is InChI=1S/C29H21N3O5/c33-27(20-10-5-2-6-11-20)26-25(19-8-3-1-4-9-19)31(26)29(35)22-12-7-13-23(18-22)30-28(34)21-14-16-24(17-15-21)32(36)37/h1-18,25-26H,(H,30,34)/t25-,26+,31?/m0/s1. The zero-order valence-electron chi connectivity index (χ0n) is 19.5. The Bertz CT molecular complexity index is 1490. The van der Waals surface area contributed by atoms with Gasteiger partial charge in [-0.3, -0.25) is 24.5 Å². The summed E-state index contributed by atoms with van der Waals surface area (Å²) in [5.41, 5.74) is 2.24. The van der Waals surface area contributed by atoms with E-state index in [1.165, 1.54) is 24.3 Å². The van der Waals surface area contributed by atoms with Crippen LogP contribution in [0.5, 0.6) is 0 Å². The molecule has 1 N–H and O–H groups in total. The summed E-state index contributed by atoms with van der Waals surface area (Å²) < 4.78 is 0. The van der Waals surface area contributed by atoms with E-state index >= 15 is 0 Å². The Hall–Kier alpha value is -5.11. The SMILES string of the molecule is O=C(Nc1cccc(C(=O)N2[C@@H](C(=O)c3ccccc3)[C@@H]2c2ccccc2)c1)c1ccc([N+](=O)[O-])cc1. The van der Waals surface area contributed by atoms with Gasteiger partial charge in [0.1, 0.15) is 6.04 Å². The van der Waals surface area contributed by atoms with Gasteiger partial charge in [-0.05, 0) is 35.9 Å². The second-order valence-electron chi connectivity index (χ2n) is 8.58. The number of nitrogens with zero attached hydrogens (tertiary/aromatic N) is 2. The van der Waals surface area contributed by atoms with Crippen molar-refractivity contribution in [3.05, 3.63) is 142 Å². The van der Waals surface area contributed by atoms with E-state index in [9.17, 15) is 24.5 Å². The maximum atomic E-state index is 13.5. The van der Waals surface area contributed by atoms with Crippen LogP contribution in [-0.2, 0) is 0 Å². The van der Waals surface area contributed by atoms with Crippen LogP contribution in [0.4, 0.5) is 11.4 Å². The van der Waals surface area contributed by atoms with Crippen molar-refractivity contribution in [1.29, 1.82) is 0 Å². The number of carbonyl (C=O) groups excluding carboxylic acids is 3. The Balaban J connectivity index is 1.37. The number of nitrogens with one attached hydrogen (secondary N) is 1. The maximum absolute atomic E-state index is 13.5. The maximum Gasteiger partial charge on any atom is 0.269 e. The molecule has 4 aromatic carbocycles. The molecule has 182 valence electrons. The molecule has 0 aromatic heterocycles. The van der Waals surface area contributed by atoms with Crippen molar-refractivity contribution in [3.8, 4) is 0 Å². The average molecular weight is 492 g/mol. The predicted molar refractivity (Wildman–Crippen MR) is 137 cm³/mol. The van der Waals surface area contributed by atoms with E-state index in [4.69, 9.17) is 0 Å². The normalized spacial score (nSPS) is 16.1. The topological polar surface area (TPSA) is 109 Å². The van der Waals surface area contributed by atoms with Crippen LogP contribution in [-0.4, -0.2) is 33.5 Å². The highest BCUT2D eigenvalue weighted by molar-refractivity contribution is 6.09. The van der Waals surface area contributed by atoms with E-state index < -0.39 is 16.9 Å². The first-order valence-electron chi connectivity index (χ1n) is 11.6. The molecule has 1 heterocycles. The van der Waals surface area contributed by atoms with Crippen molar-refractivity contribution in [3.63, 3.8) is 0 Å². The molecule has 37 heavy (non-hydrogen) atoms. The zero-order chi connectivity index (χ0) is 25.9. The van der Waals surface area contributed by atoms with Gasteiger partial charge in [-0.1, -0.05) is 66.7 Å². The number of Topliss-reactive ketones (excluding diaryl/α,β-unsaturated/α-hetero) is 1. The Morgan fingerprint density at radius 2 is 1.35 bits per heavy atom. The lowest BCUT2D eigenvalue weighted by molar-refractivity contribution is -0.384. The molecule has 8 nitrogen and oxygen atoms in total. The summed E-state index contributed by atoms with van der Waals surface area (Å²) in [6.07, 6.45) is 0. The van der Waals surface area contributed by atoms with Crippen molar-refractivity contribution in [1.82, 2.24) is 4.90 Å². The average Bonchev–Trinajstić information content (AvgIpc) is 3.69. The molecular weight excluding hydrogens is 470 g/mol. The summed E-state index contributed by atoms with van der Waals surface area (Å²) in [4.78, 5) is 51.3. The van der Waals surface area contributed by atoms with Crippen LogP contribution in [0.25, 0.3) is 0 Å². The number of nitro groups is 1. The Morgan fingerprint density at radius 3 is 2.00 bits per heavy atom. The minimum absolute atomic E-state index is 0.116. The van der Waals surface area contributed by atoms with Gasteiger partial charge in [-0.15, -0.1) is 0 Å². The first kappa shape index (κ1) is 23.6. The summed E-state index contributed by atoms with van der Waals surface area (Å²) in [5.74, 6) is -0.925. The second kappa shape index (κ2) is 9.87. The molecule has 4 aromatic rings. The van der Waals surface area contributed by atoms with Crippen molar-refractivity contribution in [2.24, 2.45) is 0 Å². The minimum atomic E-state index is -0.629. The Labute approximate surface area is 212 Å². The molecule has 5 rings (SSSR count). The quantitative estimate of drug-likeness (QED) is 0.163. The van der Waals surface area contributed by atoms with Crippen molar-refractivity contribution in [2.75, 3.05) is 5.32 Å². The smallest absolute Gasteiger partial charge is 0.269 e. The minimum Gasteiger partial charge on any atom is -0.322 e. The third-order valence-corrected chi connectivity index (χ3v) is 6.22. The number of benzene rings is 4. The highest BCUT2D eigenvalue weighted by atomic mass is 16.6. The molecular formula is C29H21N3O5. The van der Waals surface area contributed by atoms with Gasteiger partial charge >= 0.3 is 0 Å². The Kier molecular flexibility index (Phi) is 6.30. The lowest BCUT2D eigenvalue weighted by Gasteiger charge is -2.09. The van der Waals surface area contributed by atoms with Gasteiger partial charge in [0.05, 0.1) is 11.0 Å². The first-order valence-corrected chi connectivity index (χ1v) is 11.6. The predicted octanol–water partition coefficient (Wildman–Crippen LogP) is 5.30. The van der Waals surface area contributed by atoms with E-state index in [1.54, 1.807) is 53.4 Å². The summed E-state index contributed by atoms with van der Waals surface area (Å²) in [7, 11) is 0. The number of nitro benzene ring substituents is 1. The largest absolute Gasteiger partial charge is 0.322 e. The molecule has 1 saturated heterocycles. The highest BCUT2D eigenvalue weighted by Crippen LogP contribution is 2.46. The van der Waals surface area contributed by atoms with Gasteiger partial charge in [0, 0.05) is 34.5 Å². The third kappa shape index (κ3) is 4.85. The number of hydrogen-bond donors (Lipinski definition) is 1. The van der Waals surface area contributed by atoms with Gasteiger partial charge in [0.25, 0.3) is 17.5 Å². The fourth-order valence-corrected chi connectivity index (χ4v) is 4.34. The van der Waals surface area contributed by atoms with Crippen LogP contribution in [0.3, 0.4) is 0 Å². The molecule has 2 amide bonds. The van der Waals surface area contributed by atoms with Crippen LogP contribution < -0.4 is 5.32 Å². The van der Waals surface area contributed by atoms with Gasteiger partial charge in [0.15, 0.2) is 5.78 Å². The molecule has 1 fully saturated rings. The van der Waals surface area contributed by atoms with E-state index in [2.05, 4.69) is 5.32 Å². The van der Waals surface area contributed by atoms with Gasteiger partial charge in [0.2, 0.25) is 0 Å². The molecule has 0 aliphatic carbocycles. The molecule has 1 aliphatic rings. The van der Waals surface area contributed by atoms with E-state index in [0.717, 1.165) is 5.56 Å². The lowest BCUT2D eigenvalue weighted by Crippen LogP contribution is -2.19. The van der Waals surface area contributed by atoms with E-state index in [0.29, 0.717) is 16.8 Å². The molecule has 0 unspecified atom stereocenters. The fraction of sp³-hybridized carbons (Fsp3) is 0.0690. The molecule has 2 atom stereocenters. The number of hydrogen-bond acceptors (Lipinski definition) is 5. The Morgan fingerprint density at radius 1 is 0.730 bits per heavy atom. The third-order valence-electron chi connectivity index (χ3n) is 6.22. The monoisotopic (exact) mass is 491 g/mol. The summed E-state index contributed by atoms with van der Waals surface area (Å²) >= 11 is 0. The molecule has 0 bridgehead atoms. The number of rotatable bonds is 7. The zero-order valence-corrected chi connectivity index (χ0v) is 19.5. The molecule has 0 spiro atoms. The lowest BCUT2D eigenvalue weighted by atomic mass is 10.0. The van der Waals surface area contributed by atoms with Gasteiger partial charge < -0.3 is 10.2 Å². The number of ketones is 1. The second-order valence-corrected chi connectivity index (χ2v) is 8.58. The molecule has 0 radical (unpaired) electrons. The summed E-state index contributed by atoms with van der Waals surface area (Å²) in [5, 5.41) is 13.6. The van der Waals surface area contributed by atoms with Crippen molar-refractivity contribution in [2.45, 2.75) is 12.1 Å². The summed E-state index contributed by atoms with van der Waals surface area (Å²) in [6.45, 7) is 0. The molecule has 1 aliphatic heterocycles. The number of anilines is 1. The molecule has 8 heteroatoms. The highest BCUT2D eigenvalue weighted by Gasteiger charge is 2.56. The van der Waals surface area contributed by atoms with Crippen LogP contribution in [0.1, 0.15) is 42.7 Å². The van der Waals surface area contributed by atoms with Crippen LogP contribution >= 0.6 is 0 Å². The first-order chi connectivity index (χ1) is 17.9.